The zero-order valence-electron chi connectivity index (χ0n) is 10.8. The quantitative estimate of drug-likeness (QED) is 0.801. The van der Waals surface area contributed by atoms with E-state index in [4.69, 9.17) is 0 Å². The van der Waals surface area contributed by atoms with E-state index in [2.05, 4.69) is 20.3 Å². The highest BCUT2D eigenvalue weighted by Crippen LogP contribution is 2.18. The van der Waals surface area contributed by atoms with Gasteiger partial charge in [0.1, 0.15) is 0 Å². The number of nitrogens with zero attached hydrogens (tertiary/aromatic N) is 3. The lowest BCUT2D eigenvalue weighted by atomic mass is 10.2. The van der Waals surface area contributed by atoms with E-state index in [1.165, 1.54) is 0 Å². The van der Waals surface area contributed by atoms with E-state index in [-0.39, 0.29) is 5.91 Å². The van der Waals surface area contributed by atoms with Crippen molar-refractivity contribution in [3.8, 4) is 0 Å². The van der Waals surface area contributed by atoms with Crippen LogP contribution in [0.1, 0.15) is 21.7 Å². The van der Waals surface area contributed by atoms with Crippen molar-refractivity contribution < 1.29 is 4.79 Å². The molecule has 0 spiro atoms. The first-order chi connectivity index (χ1) is 9.72. The summed E-state index contributed by atoms with van der Waals surface area (Å²) < 4.78 is 1.07. The van der Waals surface area contributed by atoms with Gasteiger partial charge in [-0.15, -0.1) is 11.3 Å². The first-order valence-electron chi connectivity index (χ1n) is 6.11. The molecule has 0 unspecified atom stereocenters. The molecule has 100 valence electrons. The van der Waals surface area contributed by atoms with Crippen LogP contribution in [0.25, 0.3) is 10.2 Å². The number of aryl methyl sites for hydroxylation is 1. The molecule has 1 aromatic carbocycles. The van der Waals surface area contributed by atoms with Gasteiger partial charge < -0.3 is 5.32 Å². The molecule has 0 saturated carbocycles. The van der Waals surface area contributed by atoms with Crippen LogP contribution in [0.2, 0.25) is 0 Å². The number of carbonyl (C=O) groups is 1. The van der Waals surface area contributed by atoms with Gasteiger partial charge in [0.15, 0.2) is 0 Å². The molecule has 1 amide bonds. The zero-order valence-corrected chi connectivity index (χ0v) is 11.6. The third-order valence-corrected chi connectivity index (χ3v) is 3.67. The van der Waals surface area contributed by atoms with Crippen molar-refractivity contribution in [1.82, 2.24) is 20.3 Å². The standard InChI is InChI=1S/C14H12N4OS/c1-9-5-16-11(6-15-9)7-17-14(19)10-2-3-13-12(4-10)18-8-20-13/h2-6,8H,7H2,1H3,(H,17,19). The van der Waals surface area contributed by atoms with Gasteiger partial charge in [-0.05, 0) is 25.1 Å². The van der Waals surface area contributed by atoms with E-state index < -0.39 is 0 Å². The van der Waals surface area contributed by atoms with Gasteiger partial charge in [-0.1, -0.05) is 0 Å². The van der Waals surface area contributed by atoms with Crippen LogP contribution < -0.4 is 5.32 Å². The van der Waals surface area contributed by atoms with Crippen LogP contribution in [0, 0.1) is 6.92 Å². The molecule has 0 fully saturated rings. The largest absolute Gasteiger partial charge is 0.346 e. The summed E-state index contributed by atoms with van der Waals surface area (Å²) in [7, 11) is 0. The van der Waals surface area contributed by atoms with Gasteiger partial charge >= 0.3 is 0 Å². The van der Waals surface area contributed by atoms with Crippen molar-refractivity contribution in [2.75, 3.05) is 0 Å². The van der Waals surface area contributed by atoms with Crippen LogP contribution in [0.15, 0.2) is 36.1 Å². The third-order valence-electron chi connectivity index (χ3n) is 2.86. The number of rotatable bonds is 3. The average molecular weight is 284 g/mol. The Kier molecular flexibility index (Phi) is 3.39. The molecule has 3 rings (SSSR count). The number of carbonyl (C=O) groups excluding carboxylic acids is 1. The fourth-order valence-electron chi connectivity index (χ4n) is 1.78. The summed E-state index contributed by atoms with van der Waals surface area (Å²) in [6, 6.07) is 5.51. The summed E-state index contributed by atoms with van der Waals surface area (Å²) in [5.74, 6) is -0.137. The molecule has 6 heteroatoms. The maximum atomic E-state index is 12.1. The summed E-state index contributed by atoms with van der Waals surface area (Å²) in [6.45, 7) is 2.24. The second-order valence-electron chi connectivity index (χ2n) is 4.37. The smallest absolute Gasteiger partial charge is 0.251 e. The lowest BCUT2D eigenvalue weighted by molar-refractivity contribution is 0.0950. The molecule has 2 heterocycles. The summed E-state index contributed by atoms with van der Waals surface area (Å²) in [6.07, 6.45) is 3.35. The molecule has 2 aromatic heterocycles. The van der Waals surface area contributed by atoms with Crippen molar-refractivity contribution in [2.45, 2.75) is 13.5 Å². The van der Waals surface area contributed by atoms with E-state index in [9.17, 15) is 4.79 Å². The Hall–Kier alpha value is -2.34. The molecule has 0 aliphatic carbocycles. The minimum atomic E-state index is -0.137. The van der Waals surface area contributed by atoms with Gasteiger partial charge in [-0.2, -0.15) is 0 Å². The molecule has 1 N–H and O–H groups in total. The predicted molar refractivity (Wildman–Crippen MR) is 77.6 cm³/mol. The van der Waals surface area contributed by atoms with Gasteiger partial charge in [0.05, 0.1) is 39.9 Å². The summed E-state index contributed by atoms with van der Waals surface area (Å²) >= 11 is 1.56. The Labute approximate surface area is 119 Å². The fourth-order valence-corrected chi connectivity index (χ4v) is 2.44. The topological polar surface area (TPSA) is 67.8 Å². The Morgan fingerprint density at radius 1 is 1.25 bits per heavy atom. The van der Waals surface area contributed by atoms with Crippen molar-refractivity contribution >= 4 is 27.5 Å². The minimum absolute atomic E-state index is 0.137. The number of nitrogens with one attached hydrogen (secondary N) is 1. The van der Waals surface area contributed by atoms with Gasteiger partial charge in [-0.25, -0.2) is 4.98 Å². The first kappa shape index (κ1) is 12.7. The number of thiazole rings is 1. The number of aromatic nitrogens is 3. The fraction of sp³-hybridized carbons (Fsp3) is 0.143. The first-order valence-corrected chi connectivity index (χ1v) is 6.99. The molecular formula is C14H12N4OS. The number of fused-ring (bicyclic) bond motifs is 1. The van der Waals surface area contributed by atoms with Crippen LogP contribution in [0.3, 0.4) is 0 Å². The molecule has 0 bridgehead atoms. The van der Waals surface area contributed by atoms with Crippen LogP contribution in [-0.4, -0.2) is 20.9 Å². The van der Waals surface area contributed by atoms with E-state index in [1.54, 1.807) is 41.4 Å². The monoisotopic (exact) mass is 284 g/mol. The maximum Gasteiger partial charge on any atom is 0.251 e. The van der Waals surface area contributed by atoms with Crippen LogP contribution in [0.4, 0.5) is 0 Å². The lowest BCUT2D eigenvalue weighted by Crippen LogP contribution is -2.23. The highest BCUT2D eigenvalue weighted by molar-refractivity contribution is 7.16. The van der Waals surface area contributed by atoms with Crippen LogP contribution >= 0.6 is 11.3 Å². The van der Waals surface area contributed by atoms with Crippen molar-refractivity contribution in [2.24, 2.45) is 0 Å². The van der Waals surface area contributed by atoms with Gasteiger partial charge in [0.25, 0.3) is 5.91 Å². The highest BCUT2D eigenvalue weighted by Gasteiger charge is 2.07. The SMILES string of the molecule is Cc1cnc(CNC(=O)c2ccc3scnc3c2)cn1. The number of hydrogen-bond acceptors (Lipinski definition) is 5. The summed E-state index contributed by atoms with van der Waals surface area (Å²) in [5, 5.41) is 2.83. The van der Waals surface area contributed by atoms with E-state index in [0.717, 1.165) is 21.6 Å². The Bertz CT molecular complexity index is 751. The molecular weight excluding hydrogens is 272 g/mol. The Morgan fingerprint density at radius 3 is 2.95 bits per heavy atom. The van der Waals surface area contributed by atoms with Crippen LogP contribution in [0.5, 0.6) is 0 Å². The molecule has 5 nitrogen and oxygen atoms in total. The van der Waals surface area contributed by atoms with Gasteiger partial charge in [0.2, 0.25) is 0 Å². The minimum Gasteiger partial charge on any atom is -0.346 e. The molecule has 0 atom stereocenters. The van der Waals surface area contributed by atoms with Crippen LogP contribution in [-0.2, 0) is 6.54 Å². The number of amides is 1. The molecule has 0 saturated heterocycles. The normalized spacial score (nSPS) is 10.7. The van der Waals surface area contributed by atoms with E-state index in [1.807, 2.05) is 13.0 Å². The molecule has 3 aromatic rings. The second kappa shape index (κ2) is 5.34. The average Bonchev–Trinajstić information content (AvgIpc) is 2.93. The Morgan fingerprint density at radius 2 is 2.15 bits per heavy atom. The second-order valence-corrected chi connectivity index (χ2v) is 5.25. The highest BCUT2D eigenvalue weighted by atomic mass is 32.1. The zero-order chi connectivity index (χ0) is 13.9. The van der Waals surface area contributed by atoms with E-state index in [0.29, 0.717) is 12.1 Å². The maximum absolute atomic E-state index is 12.1. The Balaban J connectivity index is 1.70. The lowest BCUT2D eigenvalue weighted by Gasteiger charge is -2.04. The van der Waals surface area contributed by atoms with Gasteiger partial charge in [0, 0.05) is 11.8 Å². The predicted octanol–water partition coefficient (Wildman–Crippen LogP) is 2.32. The molecule has 20 heavy (non-hydrogen) atoms. The molecule has 0 aliphatic rings. The van der Waals surface area contributed by atoms with Gasteiger partial charge in [-0.3, -0.25) is 14.8 Å². The summed E-state index contributed by atoms with van der Waals surface area (Å²) in [4.78, 5) is 24.6. The number of benzene rings is 1. The van der Waals surface area contributed by atoms with E-state index >= 15 is 0 Å². The molecule has 0 radical (unpaired) electrons. The summed E-state index contributed by atoms with van der Waals surface area (Å²) in [5.41, 5.74) is 4.81. The number of hydrogen-bond donors (Lipinski definition) is 1. The third kappa shape index (κ3) is 2.65. The van der Waals surface area contributed by atoms with Crippen molar-refractivity contribution in [1.29, 1.82) is 0 Å². The van der Waals surface area contributed by atoms with Crippen molar-refractivity contribution in [3.63, 3.8) is 0 Å². The van der Waals surface area contributed by atoms with Crippen molar-refractivity contribution in [3.05, 3.63) is 53.1 Å². The molecule has 0 aliphatic heterocycles.